The predicted molar refractivity (Wildman–Crippen MR) is 91.3 cm³/mol. The van der Waals surface area contributed by atoms with Crippen molar-refractivity contribution in [3.05, 3.63) is 48.3 Å². The number of aromatic nitrogens is 2. The lowest BCUT2D eigenvalue weighted by atomic mass is 10.0. The van der Waals surface area contributed by atoms with E-state index >= 15 is 0 Å². The maximum atomic E-state index is 9.58. The number of hydrogen-bond acceptors (Lipinski definition) is 4. The van der Waals surface area contributed by atoms with E-state index in [1.54, 1.807) is 6.07 Å². The molecule has 5 heteroatoms. The summed E-state index contributed by atoms with van der Waals surface area (Å²) in [5.41, 5.74) is 1.18. The quantitative estimate of drug-likeness (QED) is 0.770. The van der Waals surface area contributed by atoms with Gasteiger partial charge in [-0.25, -0.2) is 0 Å². The molecule has 1 aliphatic rings. The lowest BCUT2D eigenvalue weighted by Crippen LogP contribution is -2.45. The second kappa shape index (κ2) is 8.13. The Kier molecular flexibility index (Phi) is 5.66. The van der Waals surface area contributed by atoms with E-state index in [2.05, 4.69) is 21.4 Å². The van der Waals surface area contributed by atoms with E-state index in [4.69, 9.17) is 0 Å². The summed E-state index contributed by atoms with van der Waals surface area (Å²) in [6, 6.07) is 10.1. The average Bonchev–Trinajstić information content (AvgIpc) is 3.05. The molecule has 2 N–H and O–H groups in total. The molecule has 1 atom stereocenters. The summed E-state index contributed by atoms with van der Waals surface area (Å²) in [6.07, 6.45) is 7.42. The van der Waals surface area contributed by atoms with Gasteiger partial charge in [0.1, 0.15) is 5.75 Å². The Morgan fingerprint density at radius 3 is 3.09 bits per heavy atom. The largest absolute Gasteiger partial charge is 0.508 e. The smallest absolute Gasteiger partial charge is 0.115 e. The van der Waals surface area contributed by atoms with Gasteiger partial charge in [0.15, 0.2) is 0 Å². The number of piperidine rings is 1. The summed E-state index contributed by atoms with van der Waals surface area (Å²) in [5.74, 6) is 0.354. The molecule has 0 spiro atoms. The highest BCUT2D eigenvalue weighted by molar-refractivity contribution is 5.27. The molecule has 2 aromatic rings. The van der Waals surface area contributed by atoms with Crippen LogP contribution in [0.2, 0.25) is 0 Å². The number of nitrogens with one attached hydrogen (secondary N) is 1. The third-order valence-corrected chi connectivity index (χ3v) is 4.38. The molecule has 1 fully saturated rings. The molecule has 124 valence electrons. The van der Waals surface area contributed by atoms with Crippen LogP contribution in [0, 0.1) is 0 Å². The van der Waals surface area contributed by atoms with Crippen molar-refractivity contribution < 1.29 is 5.11 Å². The van der Waals surface area contributed by atoms with Crippen LogP contribution in [0.15, 0.2) is 42.7 Å². The minimum absolute atomic E-state index is 0.354. The number of benzene rings is 1. The first-order valence-corrected chi connectivity index (χ1v) is 8.51. The van der Waals surface area contributed by atoms with Crippen LogP contribution in [0.3, 0.4) is 0 Å². The number of aryl methyl sites for hydroxylation is 1. The fourth-order valence-corrected chi connectivity index (χ4v) is 3.26. The fraction of sp³-hybridized carbons (Fsp3) is 0.500. The van der Waals surface area contributed by atoms with Gasteiger partial charge in [-0.05, 0) is 56.1 Å². The SMILES string of the molecule is Oc1cccc(CN2CCCC(NCCCn3cccn3)C2)c1. The van der Waals surface area contributed by atoms with Crippen molar-refractivity contribution in [2.75, 3.05) is 19.6 Å². The number of likely N-dealkylation sites (tertiary alicyclic amines) is 1. The van der Waals surface area contributed by atoms with Gasteiger partial charge in [-0.1, -0.05) is 12.1 Å². The number of aromatic hydroxyl groups is 1. The van der Waals surface area contributed by atoms with Crippen LogP contribution in [0.25, 0.3) is 0 Å². The molecule has 1 saturated heterocycles. The molecule has 0 radical (unpaired) electrons. The number of phenolic OH excluding ortho intramolecular Hbond substituents is 1. The topological polar surface area (TPSA) is 53.3 Å². The zero-order valence-corrected chi connectivity index (χ0v) is 13.6. The summed E-state index contributed by atoms with van der Waals surface area (Å²) in [7, 11) is 0. The van der Waals surface area contributed by atoms with Crippen LogP contribution in [0.4, 0.5) is 0 Å². The van der Waals surface area contributed by atoms with Gasteiger partial charge in [-0.15, -0.1) is 0 Å². The molecule has 0 bridgehead atoms. The van der Waals surface area contributed by atoms with Gasteiger partial charge in [0.2, 0.25) is 0 Å². The Morgan fingerprint density at radius 1 is 1.30 bits per heavy atom. The van der Waals surface area contributed by atoms with E-state index in [-0.39, 0.29) is 0 Å². The minimum Gasteiger partial charge on any atom is -0.508 e. The summed E-state index contributed by atoms with van der Waals surface area (Å²) in [4.78, 5) is 2.48. The Labute approximate surface area is 137 Å². The predicted octanol–water partition coefficient (Wildman–Crippen LogP) is 2.23. The molecule has 1 aliphatic heterocycles. The molecule has 1 aromatic heterocycles. The van der Waals surface area contributed by atoms with Crippen molar-refractivity contribution in [2.24, 2.45) is 0 Å². The highest BCUT2D eigenvalue weighted by Crippen LogP contribution is 2.16. The molecular formula is C18H26N4O. The molecule has 1 unspecified atom stereocenters. The normalized spacial score (nSPS) is 19.0. The molecular weight excluding hydrogens is 288 g/mol. The third kappa shape index (κ3) is 5.08. The zero-order chi connectivity index (χ0) is 15.9. The summed E-state index contributed by atoms with van der Waals surface area (Å²) >= 11 is 0. The number of rotatable bonds is 7. The van der Waals surface area contributed by atoms with E-state index < -0.39 is 0 Å². The number of nitrogens with zero attached hydrogens (tertiary/aromatic N) is 3. The summed E-state index contributed by atoms with van der Waals surface area (Å²) < 4.78 is 1.98. The van der Waals surface area contributed by atoms with Crippen molar-refractivity contribution in [1.82, 2.24) is 20.0 Å². The third-order valence-electron chi connectivity index (χ3n) is 4.38. The molecule has 0 saturated carbocycles. The van der Waals surface area contributed by atoms with E-state index in [0.29, 0.717) is 11.8 Å². The maximum Gasteiger partial charge on any atom is 0.115 e. The van der Waals surface area contributed by atoms with Gasteiger partial charge in [0, 0.05) is 38.1 Å². The van der Waals surface area contributed by atoms with E-state index in [1.807, 2.05) is 35.3 Å². The Bertz CT molecular complexity index is 584. The number of hydrogen-bond donors (Lipinski definition) is 2. The van der Waals surface area contributed by atoms with Crippen LogP contribution in [-0.4, -0.2) is 45.5 Å². The molecule has 3 rings (SSSR count). The van der Waals surface area contributed by atoms with E-state index in [1.165, 1.54) is 18.4 Å². The highest BCUT2D eigenvalue weighted by atomic mass is 16.3. The Balaban J connectivity index is 1.39. The average molecular weight is 314 g/mol. The van der Waals surface area contributed by atoms with E-state index in [0.717, 1.165) is 39.1 Å². The first-order valence-electron chi connectivity index (χ1n) is 8.51. The van der Waals surface area contributed by atoms with Crippen LogP contribution in [-0.2, 0) is 13.1 Å². The van der Waals surface area contributed by atoms with Crippen LogP contribution >= 0.6 is 0 Å². The lowest BCUT2D eigenvalue weighted by Gasteiger charge is -2.33. The fourth-order valence-electron chi connectivity index (χ4n) is 3.26. The standard InChI is InChI=1S/C18H26N4O/c23-18-7-1-5-16(13-18)14-21-10-2-6-17(15-21)19-8-3-11-22-12-4-9-20-22/h1,4-5,7,9,12-13,17,19,23H,2-3,6,8,10-11,14-15H2. The molecule has 0 amide bonds. The van der Waals surface area contributed by atoms with Crippen molar-refractivity contribution >= 4 is 0 Å². The monoisotopic (exact) mass is 314 g/mol. The number of phenols is 1. The molecule has 23 heavy (non-hydrogen) atoms. The van der Waals surface area contributed by atoms with Crippen LogP contribution in [0.1, 0.15) is 24.8 Å². The molecule has 1 aromatic carbocycles. The molecule has 0 aliphatic carbocycles. The van der Waals surface area contributed by atoms with Crippen molar-refractivity contribution in [1.29, 1.82) is 0 Å². The molecule has 2 heterocycles. The van der Waals surface area contributed by atoms with E-state index in [9.17, 15) is 5.11 Å². The van der Waals surface area contributed by atoms with Crippen molar-refractivity contribution in [2.45, 2.75) is 38.4 Å². The molecule has 5 nitrogen and oxygen atoms in total. The van der Waals surface area contributed by atoms with Gasteiger partial charge in [0.05, 0.1) is 0 Å². The van der Waals surface area contributed by atoms with Gasteiger partial charge in [-0.2, -0.15) is 5.10 Å². The maximum absolute atomic E-state index is 9.58. The summed E-state index contributed by atoms with van der Waals surface area (Å²) in [5, 5.41) is 17.5. The highest BCUT2D eigenvalue weighted by Gasteiger charge is 2.19. The van der Waals surface area contributed by atoms with Gasteiger partial charge in [-0.3, -0.25) is 9.58 Å². The first-order chi connectivity index (χ1) is 11.3. The summed E-state index contributed by atoms with van der Waals surface area (Å²) in [6.45, 7) is 5.14. The first kappa shape index (κ1) is 16.0. The minimum atomic E-state index is 0.354. The van der Waals surface area contributed by atoms with Crippen molar-refractivity contribution in [3.63, 3.8) is 0 Å². The zero-order valence-electron chi connectivity index (χ0n) is 13.6. The Morgan fingerprint density at radius 2 is 2.26 bits per heavy atom. The van der Waals surface area contributed by atoms with Crippen molar-refractivity contribution in [3.8, 4) is 5.75 Å². The van der Waals surface area contributed by atoms with Crippen LogP contribution < -0.4 is 5.32 Å². The van der Waals surface area contributed by atoms with Gasteiger partial charge in [0.25, 0.3) is 0 Å². The van der Waals surface area contributed by atoms with Crippen LogP contribution in [0.5, 0.6) is 5.75 Å². The lowest BCUT2D eigenvalue weighted by molar-refractivity contribution is 0.183. The second-order valence-electron chi connectivity index (χ2n) is 6.32. The van der Waals surface area contributed by atoms with Gasteiger partial charge < -0.3 is 10.4 Å². The van der Waals surface area contributed by atoms with Gasteiger partial charge >= 0.3 is 0 Å². The Hall–Kier alpha value is -1.85. The second-order valence-corrected chi connectivity index (χ2v) is 6.32.